The number of aromatic nitrogens is 1. The lowest BCUT2D eigenvalue weighted by Gasteiger charge is -2.30. The van der Waals surface area contributed by atoms with Crippen molar-refractivity contribution >= 4 is 17.2 Å². The topological polar surface area (TPSA) is 85.0 Å². The lowest BCUT2D eigenvalue weighted by Crippen LogP contribution is -2.39. The molecule has 1 atom stereocenters. The van der Waals surface area contributed by atoms with Gasteiger partial charge in [0.25, 0.3) is 0 Å². The van der Waals surface area contributed by atoms with E-state index in [2.05, 4.69) is 5.18 Å². The number of oxazole rings is 1. The molecule has 2 aromatic carbocycles. The number of carbonyl (C=O) groups excluding carboxylic acids is 1. The van der Waals surface area contributed by atoms with Crippen LogP contribution in [0.2, 0.25) is 0 Å². The zero-order chi connectivity index (χ0) is 23.8. The quantitative estimate of drug-likeness (QED) is 0.384. The number of nitrogens with zero attached hydrogens (tertiary/aromatic N) is 3. The summed E-state index contributed by atoms with van der Waals surface area (Å²) < 4.78 is 26.1. The van der Waals surface area contributed by atoms with Gasteiger partial charge in [-0.25, -0.2) is 14.2 Å². The number of ether oxygens (including phenoxy) is 1. The average molecular weight is 466 g/mol. The molecule has 0 radical (unpaired) electrons. The molecule has 5 rings (SSSR count). The maximum atomic E-state index is 14.8. The van der Waals surface area contributed by atoms with Crippen LogP contribution in [0.15, 0.2) is 46.0 Å². The van der Waals surface area contributed by atoms with Crippen LogP contribution in [0.25, 0.3) is 22.2 Å². The predicted octanol–water partition coefficient (Wildman–Crippen LogP) is 6.58. The summed E-state index contributed by atoms with van der Waals surface area (Å²) in [6.07, 6.45) is 2.94. The van der Waals surface area contributed by atoms with Crippen molar-refractivity contribution in [1.82, 2.24) is 9.88 Å². The SMILES string of the molecule is CC(C)OC(=O)N1CCC(c2nc3cc(-c4ccc(C(N=O)C5CC5)c(F)c4)ccc3o2)CC1. The van der Waals surface area contributed by atoms with Crippen molar-refractivity contribution in [3.63, 3.8) is 0 Å². The summed E-state index contributed by atoms with van der Waals surface area (Å²) in [7, 11) is 0. The first-order valence-electron chi connectivity index (χ1n) is 11.9. The third kappa shape index (κ3) is 4.54. The lowest BCUT2D eigenvalue weighted by molar-refractivity contribution is 0.0681. The number of nitroso groups, excluding NO2 is 1. The second-order valence-electron chi connectivity index (χ2n) is 9.55. The molecule has 1 saturated carbocycles. The van der Waals surface area contributed by atoms with Gasteiger partial charge in [-0.15, -0.1) is 0 Å². The molecule has 178 valence electrons. The summed E-state index contributed by atoms with van der Waals surface area (Å²) in [5.74, 6) is 0.550. The first-order chi connectivity index (χ1) is 16.4. The molecule has 2 heterocycles. The fraction of sp³-hybridized carbons (Fsp3) is 0.462. The zero-order valence-electron chi connectivity index (χ0n) is 19.4. The zero-order valence-corrected chi connectivity index (χ0v) is 19.4. The van der Waals surface area contributed by atoms with Gasteiger partial charge in [-0.05, 0) is 74.8 Å². The van der Waals surface area contributed by atoms with E-state index in [0.29, 0.717) is 41.2 Å². The predicted molar refractivity (Wildman–Crippen MR) is 126 cm³/mol. The smallest absolute Gasteiger partial charge is 0.410 e. The molecule has 0 spiro atoms. The highest BCUT2D eigenvalue weighted by Gasteiger charge is 2.35. The van der Waals surface area contributed by atoms with Crippen LogP contribution in [0.3, 0.4) is 0 Å². The van der Waals surface area contributed by atoms with Crippen molar-refractivity contribution in [1.29, 1.82) is 0 Å². The second kappa shape index (κ2) is 9.16. The van der Waals surface area contributed by atoms with Crippen LogP contribution in [0.4, 0.5) is 9.18 Å². The highest BCUT2D eigenvalue weighted by Crippen LogP contribution is 2.44. The Morgan fingerprint density at radius 1 is 1.12 bits per heavy atom. The van der Waals surface area contributed by atoms with Gasteiger partial charge in [0.2, 0.25) is 0 Å². The number of rotatable bonds is 6. The molecule has 1 unspecified atom stereocenters. The lowest BCUT2D eigenvalue weighted by atomic mass is 9.97. The highest BCUT2D eigenvalue weighted by molar-refractivity contribution is 5.80. The Morgan fingerprint density at radius 2 is 1.82 bits per heavy atom. The Hall–Kier alpha value is -3.29. The molecule has 1 amide bonds. The molecule has 1 saturated heterocycles. The maximum Gasteiger partial charge on any atom is 0.410 e. The minimum Gasteiger partial charge on any atom is -0.447 e. The molecule has 7 nitrogen and oxygen atoms in total. The minimum atomic E-state index is -0.603. The number of likely N-dealkylation sites (tertiary alicyclic amines) is 1. The Kier molecular flexibility index (Phi) is 6.06. The summed E-state index contributed by atoms with van der Waals surface area (Å²) in [6, 6.07) is 9.98. The van der Waals surface area contributed by atoms with E-state index in [1.165, 1.54) is 6.07 Å². The molecule has 0 N–H and O–H groups in total. The first kappa shape index (κ1) is 22.5. The van der Waals surface area contributed by atoms with Crippen molar-refractivity contribution in [2.75, 3.05) is 13.1 Å². The Morgan fingerprint density at radius 3 is 2.47 bits per heavy atom. The van der Waals surface area contributed by atoms with Crippen molar-refractivity contribution in [2.24, 2.45) is 11.1 Å². The number of halogens is 1. The van der Waals surface area contributed by atoms with E-state index in [0.717, 1.165) is 31.2 Å². The van der Waals surface area contributed by atoms with Crippen LogP contribution >= 0.6 is 0 Å². The Balaban J connectivity index is 1.31. The van der Waals surface area contributed by atoms with E-state index in [4.69, 9.17) is 14.1 Å². The molecular weight excluding hydrogens is 437 g/mol. The molecule has 2 fully saturated rings. The molecule has 34 heavy (non-hydrogen) atoms. The van der Waals surface area contributed by atoms with E-state index in [-0.39, 0.29) is 24.0 Å². The van der Waals surface area contributed by atoms with Gasteiger partial charge in [0.1, 0.15) is 17.4 Å². The number of amides is 1. The Labute approximate surface area is 197 Å². The third-order valence-electron chi connectivity index (χ3n) is 6.68. The number of benzene rings is 2. The summed E-state index contributed by atoms with van der Waals surface area (Å²) in [4.78, 5) is 29.8. The highest BCUT2D eigenvalue weighted by atomic mass is 19.1. The van der Waals surface area contributed by atoms with E-state index >= 15 is 0 Å². The molecule has 2 aliphatic rings. The minimum absolute atomic E-state index is 0.130. The van der Waals surface area contributed by atoms with Gasteiger partial charge in [0.05, 0.1) is 6.10 Å². The molecular formula is C26H28FN3O4. The fourth-order valence-electron chi connectivity index (χ4n) is 4.64. The van der Waals surface area contributed by atoms with Gasteiger partial charge in [0.15, 0.2) is 11.5 Å². The van der Waals surface area contributed by atoms with Gasteiger partial charge in [0, 0.05) is 24.6 Å². The van der Waals surface area contributed by atoms with Crippen molar-refractivity contribution in [3.05, 3.63) is 58.6 Å². The summed E-state index contributed by atoms with van der Waals surface area (Å²) >= 11 is 0. The van der Waals surface area contributed by atoms with E-state index in [1.54, 1.807) is 11.0 Å². The van der Waals surface area contributed by atoms with Crippen LogP contribution in [0.5, 0.6) is 0 Å². The summed E-state index contributed by atoms with van der Waals surface area (Å²) in [5.41, 5.74) is 3.30. The van der Waals surface area contributed by atoms with Gasteiger partial charge in [-0.1, -0.05) is 23.4 Å². The van der Waals surface area contributed by atoms with E-state index in [9.17, 15) is 14.1 Å². The molecule has 8 heteroatoms. The number of fused-ring (bicyclic) bond motifs is 1. The molecule has 3 aromatic rings. The number of hydrogen-bond donors (Lipinski definition) is 0. The van der Waals surface area contributed by atoms with Crippen LogP contribution in [-0.2, 0) is 4.74 Å². The number of carbonyl (C=O) groups is 1. The van der Waals surface area contributed by atoms with Gasteiger partial charge in [-0.2, -0.15) is 4.91 Å². The molecule has 0 bridgehead atoms. The van der Waals surface area contributed by atoms with E-state index in [1.807, 2.05) is 38.1 Å². The molecule has 1 aromatic heterocycles. The molecule has 1 aliphatic heterocycles. The maximum absolute atomic E-state index is 14.8. The summed E-state index contributed by atoms with van der Waals surface area (Å²) in [5, 5.41) is 3.16. The standard InChI is InChI=1S/C26H28FN3O4/c1-15(2)33-26(31)30-11-9-17(10-12-30)25-28-22-14-19(6-8-23(22)34-25)18-5-7-20(21(27)13-18)24(29-32)16-3-4-16/h5-8,13-17,24H,3-4,9-12H2,1-2H3. The van der Waals surface area contributed by atoms with Crippen molar-refractivity contribution in [3.8, 4) is 11.1 Å². The van der Waals surface area contributed by atoms with Gasteiger partial charge in [-0.3, -0.25) is 0 Å². The second-order valence-corrected chi connectivity index (χ2v) is 9.55. The number of hydrogen-bond acceptors (Lipinski definition) is 6. The van der Waals surface area contributed by atoms with Crippen LogP contribution in [0, 0.1) is 16.6 Å². The average Bonchev–Trinajstić information content (AvgIpc) is 3.57. The van der Waals surface area contributed by atoms with Crippen LogP contribution < -0.4 is 0 Å². The largest absolute Gasteiger partial charge is 0.447 e. The third-order valence-corrected chi connectivity index (χ3v) is 6.68. The van der Waals surface area contributed by atoms with Gasteiger partial charge < -0.3 is 14.1 Å². The monoisotopic (exact) mass is 465 g/mol. The summed E-state index contributed by atoms with van der Waals surface area (Å²) in [6.45, 7) is 4.88. The first-order valence-corrected chi connectivity index (χ1v) is 11.9. The van der Waals surface area contributed by atoms with Crippen molar-refractivity contribution < 1.29 is 18.3 Å². The Bertz CT molecular complexity index is 1210. The van der Waals surface area contributed by atoms with Crippen LogP contribution in [0.1, 0.15) is 62.9 Å². The van der Waals surface area contributed by atoms with E-state index < -0.39 is 11.9 Å². The fourth-order valence-corrected chi connectivity index (χ4v) is 4.64. The van der Waals surface area contributed by atoms with Crippen LogP contribution in [-0.4, -0.2) is 35.2 Å². The molecule has 1 aliphatic carbocycles. The van der Waals surface area contributed by atoms with Gasteiger partial charge >= 0.3 is 6.09 Å². The van der Waals surface area contributed by atoms with Crippen molar-refractivity contribution in [2.45, 2.75) is 57.6 Å². The normalized spacial score (nSPS) is 17.8. The number of piperidine rings is 1.